The van der Waals surface area contributed by atoms with Gasteiger partial charge in [-0.2, -0.15) is 0 Å². The SMILES string of the molecule is CC1(C)CCCNC1C(=O)NCCC(=O)N1CCOCC1. The molecule has 0 radical (unpaired) electrons. The molecule has 120 valence electrons. The molecule has 2 heterocycles. The standard InChI is InChI=1S/C15H27N3O3/c1-15(2)5-3-6-16-13(15)14(20)17-7-4-12(19)18-8-10-21-11-9-18/h13,16H,3-11H2,1-2H3,(H,17,20). The fraction of sp³-hybridized carbons (Fsp3) is 0.867. The van der Waals surface area contributed by atoms with Crippen molar-refractivity contribution in [3.8, 4) is 0 Å². The lowest BCUT2D eigenvalue weighted by Crippen LogP contribution is -2.55. The summed E-state index contributed by atoms with van der Waals surface area (Å²) in [4.78, 5) is 26.0. The summed E-state index contributed by atoms with van der Waals surface area (Å²) in [5, 5.41) is 6.18. The molecule has 1 atom stereocenters. The van der Waals surface area contributed by atoms with E-state index in [0.717, 1.165) is 19.4 Å². The van der Waals surface area contributed by atoms with Crippen LogP contribution >= 0.6 is 0 Å². The van der Waals surface area contributed by atoms with Gasteiger partial charge in [-0.25, -0.2) is 0 Å². The minimum atomic E-state index is -0.162. The van der Waals surface area contributed by atoms with E-state index in [9.17, 15) is 9.59 Å². The summed E-state index contributed by atoms with van der Waals surface area (Å²) in [6.45, 7) is 8.05. The number of piperidine rings is 1. The number of ether oxygens (including phenoxy) is 1. The predicted octanol–water partition coefficient (Wildman–Crippen LogP) is 0.130. The van der Waals surface area contributed by atoms with E-state index in [2.05, 4.69) is 24.5 Å². The minimum absolute atomic E-state index is 0.00878. The van der Waals surface area contributed by atoms with Crippen LogP contribution in [-0.4, -0.2) is 62.1 Å². The molecule has 6 nitrogen and oxygen atoms in total. The van der Waals surface area contributed by atoms with Crippen LogP contribution in [-0.2, 0) is 14.3 Å². The molecular formula is C15H27N3O3. The fourth-order valence-electron chi connectivity index (χ4n) is 3.02. The van der Waals surface area contributed by atoms with Crippen molar-refractivity contribution in [2.45, 2.75) is 39.2 Å². The highest BCUT2D eigenvalue weighted by Crippen LogP contribution is 2.29. The molecule has 0 saturated carbocycles. The Kier molecular flexibility index (Phi) is 5.58. The molecule has 1 unspecified atom stereocenters. The van der Waals surface area contributed by atoms with Crippen LogP contribution in [0.25, 0.3) is 0 Å². The van der Waals surface area contributed by atoms with Crippen molar-refractivity contribution in [1.29, 1.82) is 0 Å². The van der Waals surface area contributed by atoms with Crippen molar-refractivity contribution in [2.24, 2.45) is 5.41 Å². The van der Waals surface area contributed by atoms with E-state index in [1.54, 1.807) is 4.90 Å². The minimum Gasteiger partial charge on any atom is -0.378 e. The quantitative estimate of drug-likeness (QED) is 0.774. The molecule has 0 bridgehead atoms. The first-order valence-electron chi connectivity index (χ1n) is 7.87. The van der Waals surface area contributed by atoms with Gasteiger partial charge in [-0.15, -0.1) is 0 Å². The van der Waals surface area contributed by atoms with Gasteiger partial charge in [-0.3, -0.25) is 9.59 Å². The lowest BCUT2D eigenvalue weighted by Gasteiger charge is -2.38. The highest BCUT2D eigenvalue weighted by Gasteiger charge is 2.36. The molecule has 6 heteroatoms. The molecular weight excluding hydrogens is 270 g/mol. The monoisotopic (exact) mass is 297 g/mol. The maximum atomic E-state index is 12.3. The van der Waals surface area contributed by atoms with Gasteiger partial charge in [0, 0.05) is 26.1 Å². The summed E-state index contributed by atoms with van der Waals surface area (Å²) >= 11 is 0. The number of rotatable bonds is 4. The van der Waals surface area contributed by atoms with Crippen LogP contribution in [0, 0.1) is 5.41 Å². The second-order valence-electron chi connectivity index (χ2n) is 6.51. The second kappa shape index (κ2) is 7.22. The molecule has 0 aliphatic carbocycles. The highest BCUT2D eigenvalue weighted by molar-refractivity contribution is 5.83. The molecule has 2 N–H and O–H groups in total. The van der Waals surface area contributed by atoms with E-state index in [4.69, 9.17) is 4.74 Å². The van der Waals surface area contributed by atoms with Crippen molar-refractivity contribution < 1.29 is 14.3 Å². The molecule has 2 fully saturated rings. The fourth-order valence-corrected chi connectivity index (χ4v) is 3.02. The predicted molar refractivity (Wildman–Crippen MR) is 79.8 cm³/mol. The maximum absolute atomic E-state index is 12.3. The van der Waals surface area contributed by atoms with E-state index >= 15 is 0 Å². The molecule has 2 aliphatic rings. The third kappa shape index (κ3) is 4.41. The first-order valence-corrected chi connectivity index (χ1v) is 7.87. The zero-order valence-electron chi connectivity index (χ0n) is 13.1. The smallest absolute Gasteiger partial charge is 0.237 e. The number of carbonyl (C=O) groups is 2. The Morgan fingerprint density at radius 2 is 2.05 bits per heavy atom. The van der Waals surface area contributed by atoms with Crippen molar-refractivity contribution in [3.63, 3.8) is 0 Å². The number of hydrogen-bond acceptors (Lipinski definition) is 4. The van der Waals surface area contributed by atoms with Gasteiger partial charge in [0.1, 0.15) is 0 Å². The Balaban J connectivity index is 1.72. The number of carbonyl (C=O) groups excluding carboxylic acids is 2. The molecule has 2 amide bonds. The molecule has 21 heavy (non-hydrogen) atoms. The lowest BCUT2D eigenvalue weighted by molar-refractivity contribution is -0.135. The van der Waals surface area contributed by atoms with Crippen molar-refractivity contribution in [3.05, 3.63) is 0 Å². The van der Waals surface area contributed by atoms with Crippen LogP contribution < -0.4 is 10.6 Å². The molecule has 0 spiro atoms. The normalized spacial score (nSPS) is 25.4. The van der Waals surface area contributed by atoms with Crippen molar-refractivity contribution in [1.82, 2.24) is 15.5 Å². The van der Waals surface area contributed by atoms with Crippen LogP contribution in [0.2, 0.25) is 0 Å². The van der Waals surface area contributed by atoms with Crippen LogP contribution in [0.3, 0.4) is 0 Å². The largest absolute Gasteiger partial charge is 0.378 e. The molecule has 0 aromatic carbocycles. The van der Waals surface area contributed by atoms with Gasteiger partial charge in [0.05, 0.1) is 19.3 Å². The Labute approximate surface area is 126 Å². The summed E-state index contributed by atoms with van der Waals surface area (Å²) in [7, 11) is 0. The molecule has 2 rings (SSSR count). The zero-order valence-corrected chi connectivity index (χ0v) is 13.1. The van der Waals surface area contributed by atoms with Crippen LogP contribution in [0.4, 0.5) is 0 Å². The average molecular weight is 297 g/mol. The van der Waals surface area contributed by atoms with E-state index in [1.165, 1.54) is 0 Å². The Morgan fingerprint density at radius 3 is 2.71 bits per heavy atom. The number of morpholine rings is 1. The van der Waals surface area contributed by atoms with Crippen molar-refractivity contribution in [2.75, 3.05) is 39.4 Å². The molecule has 0 aromatic rings. The number of amides is 2. The summed E-state index contributed by atoms with van der Waals surface area (Å²) in [5.41, 5.74) is -0.0312. The van der Waals surface area contributed by atoms with Gasteiger partial charge in [-0.1, -0.05) is 13.8 Å². The Hall–Kier alpha value is -1.14. The van der Waals surface area contributed by atoms with Gasteiger partial charge in [0.15, 0.2) is 0 Å². The Bertz CT molecular complexity index is 378. The first kappa shape index (κ1) is 16.2. The van der Waals surface area contributed by atoms with E-state index in [-0.39, 0.29) is 23.3 Å². The zero-order chi connectivity index (χ0) is 15.3. The van der Waals surface area contributed by atoms with Crippen LogP contribution in [0.5, 0.6) is 0 Å². The average Bonchev–Trinajstić information content (AvgIpc) is 2.47. The van der Waals surface area contributed by atoms with Crippen LogP contribution in [0.15, 0.2) is 0 Å². The first-order chi connectivity index (χ1) is 10.0. The van der Waals surface area contributed by atoms with E-state index in [0.29, 0.717) is 39.3 Å². The van der Waals surface area contributed by atoms with Gasteiger partial charge in [0.2, 0.25) is 11.8 Å². The van der Waals surface area contributed by atoms with E-state index < -0.39 is 0 Å². The summed E-state index contributed by atoms with van der Waals surface area (Å²) in [5.74, 6) is 0.101. The summed E-state index contributed by atoms with van der Waals surface area (Å²) in [6.07, 6.45) is 2.51. The third-order valence-corrected chi connectivity index (χ3v) is 4.39. The maximum Gasteiger partial charge on any atom is 0.237 e. The number of hydrogen-bond donors (Lipinski definition) is 2. The third-order valence-electron chi connectivity index (χ3n) is 4.39. The summed E-state index contributed by atoms with van der Waals surface area (Å²) in [6, 6.07) is -0.162. The van der Waals surface area contributed by atoms with Crippen molar-refractivity contribution >= 4 is 11.8 Å². The van der Waals surface area contributed by atoms with Gasteiger partial charge >= 0.3 is 0 Å². The van der Waals surface area contributed by atoms with Gasteiger partial charge in [0.25, 0.3) is 0 Å². The van der Waals surface area contributed by atoms with Crippen LogP contribution in [0.1, 0.15) is 33.1 Å². The van der Waals surface area contributed by atoms with Gasteiger partial charge < -0.3 is 20.3 Å². The lowest BCUT2D eigenvalue weighted by atomic mass is 9.77. The number of nitrogens with one attached hydrogen (secondary N) is 2. The second-order valence-corrected chi connectivity index (χ2v) is 6.51. The number of nitrogens with zero attached hydrogens (tertiary/aromatic N) is 1. The molecule has 0 aromatic heterocycles. The Morgan fingerprint density at radius 1 is 1.33 bits per heavy atom. The molecule has 2 aliphatic heterocycles. The highest BCUT2D eigenvalue weighted by atomic mass is 16.5. The molecule has 2 saturated heterocycles. The topological polar surface area (TPSA) is 70.7 Å². The van der Waals surface area contributed by atoms with Gasteiger partial charge in [-0.05, 0) is 24.8 Å². The summed E-state index contributed by atoms with van der Waals surface area (Å²) < 4.78 is 5.22. The van der Waals surface area contributed by atoms with E-state index in [1.807, 2.05) is 0 Å².